The van der Waals surface area contributed by atoms with Gasteiger partial charge in [0.15, 0.2) is 9.84 Å². The Morgan fingerprint density at radius 1 is 1.22 bits per heavy atom. The van der Waals surface area contributed by atoms with Gasteiger partial charge in [-0.3, -0.25) is 4.79 Å². The van der Waals surface area contributed by atoms with Gasteiger partial charge in [-0.25, -0.2) is 8.42 Å². The molecule has 0 radical (unpaired) electrons. The molecule has 0 aromatic rings. The number of amides is 1. The maximum atomic E-state index is 11.5. The van der Waals surface area contributed by atoms with E-state index in [2.05, 4.69) is 10.6 Å². The lowest BCUT2D eigenvalue weighted by Gasteiger charge is -2.06. The van der Waals surface area contributed by atoms with Crippen molar-refractivity contribution in [1.29, 1.82) is 0 Å². The van der Waals surface area contributed by atoms with Crippen molar-refractivity contribution < 1.29 is 17.9 Å². The van der Waals surface area contributed by atoms with Crippen LogP contribution in [0.3, 0.4) is 0 Å². The molecule has 2 N–H and O–H groups in total. The van der Waals surface area contributed by atoms with Crippen LogP contribution in [-0.2, 0) is 19.4 Å². The van der Waals surface area contributed by atoms with Crippen molar-refractivity contribution in [2.24, 2.45) is 0 Å². The highest BCUT2D eigenvalue weighted by Crippen LogP contribution is 1.89. The minimum atomic E-state index is -3.31. The second kappa shape index (κ2) is 10.3. The van der Waals surface area contributed by atoms with Gasteiger partial charge in [-0.1, -0.05) is 0 Å². The average molecular weight is 280 g/mol. The normalized spacial score (nSPS) is 11.4. The van der Waals surface area contributed by atoms with E-state index in [9.17, 15) is 13.2 Å². The molecule has 0 aromatic carbocycles. The smallest absolute Gasteiger partial charge is 0.235 e. The van der Waals surface area contributed by atoms with Crippen molar-refractivity contribution in [2.45, 2.75) is 20.3 Å². The van der Waals surface area contributed by atoms with Crippen molar-refractivity contribution in [3.63, 3.8) is 0 Å². The average Bonchev–Trinajstić information content (AvgIpc) is 2.27. The van der Waals surface area contributed by atoms with E-state index in [1.54, 1.807) is 6.92 Å². The fraction of sp³-hybridized carbons (Fsp3) is 0.909. The van der Waals surface area contributed by atoms with Gasteiger partial charge < -0.3 is 15.4 Å². The van der Waals surface area contributed by atoms with Gasteiger partial charge in [-0.05, 0) is 26.8 Å². The van der Waals surface area contributed by atoms with Gasteiger partial charge >= 0.3 is 0 Å². The lowest BCUT2D eigenvalue weighted by Crippen LogP contribution is -2.33. The summed E-state index contributed by atoms with van der Waals surface area (Å²) in [5.41, 5.74) is 0. The second-order valence-electron chi connectivity index (χ2n) is 3.85. The van der Waals surface area contributed by atoms with Crippen LogP contribution in [0.1, 0.15) is 20.3 Å². The molecule has 0 saturated carbocycles. The first kappa shape index (κ1) is 17.3. The summed E-state index contributed by atoms with van der Waals surface area (Å²) in [5.74, 6) is -0.880. The Bertz CT molecular complexity index is 317. The molecule has 0 rings (SSSR count). The highest BCUT2D eigenvalue weighted by molar-refractivity contribution is 7.92. The predicted molar refractivity (Wildman–Crippen MR) is 71.3 cm³/mol. The van der Waals surface area contributed by atoms with E-state index in [1.165, 1.54) is 0 Å². The maximum Gasteiger partial charge on any atom is 0.235 e. The Kier molecular flexibility index (Phi) is 9.90. The third-order valence-electron chi connectivity index (χ3n) is 2.16. The molecular formula is C11H24N2O4S. The predicted octanol–water partition coefficient (Wildman–Crippen LogP) is -0.446. The Hall–Kier alpha value is -0.660. The molecule has 0 aromatic heterocycles. The van der Waals surface area contributed by atoms with E-state index in [-0.39, 0.29) is 5.75 Å². The maximum absolute atomic E-state index is 11.5. The van der Waals surface area contributed by atoms with Gasteiger partial charge in [-0.2, -0.15) is 0 Å². The molecule has 0 aliphatic rings. The van der Waals surface area contributed by atoms with E-state index in [1.807, 2.05) is 6.92 Å². The quantitative estimate of drug-likeness (QED) is 0.501. The summed E-state index contributed by atoms with van der Waals surface area (Å²) in [6.07, 6.45) is 0.851. The molecule has 18 heavy (non-hydrogen) atoms. The lowest BCUT2D eigenvalue weighted by atomic mass is 10.4. The third-order valence-corrected chi connectivity index (χ3v) is 3.69. The molecular weight excluding hydrogens is 256 g/mol. The highest BCUT2D eigenvalue weighted by atomic mass is 32.2. The fourth-order valence-electron chi connectivity index (χ4n) is 1.32. The van der Waals surface area contributed by atoms with E-state index in [4.69, 9.17) is 4.74 Å². The van der Waals surface area contributed by atoms with E-state index in [0.29, 0.717) is 26.3 Å². The van der Waals surface area contributed by atoms with Crippen molar-refractivity contribution in [3.8, 4) is 0 Å². The first-order chi connectivity index (χ1) is 8.52. The number of carbonyl (C=O) groups is 1. The molecule has 0 unspecified atom stereocenters. The summed E-state index contributed by atoms with van der Waals surface area (Å²) in [6.45, 7) is 6.59. The highest BCUT2D eigenvalue weighted by Gasteiger charge is 2.15. The van der Waals surface area contributed by atoms with Crippen molar-refractivity contribution >= 4 is 15.7 Å². The number of rotatable bonds is 11. The molecule has 1 amide bonds. The number of nitrogens with one attached hydrogen (secondary N) is 2. The van der Waals surface area contributed by atoms with Crippen LogP contribution in [0.25, 0.3) is 0 Å². The topological polar surface area (TPSA) is 84.5 Å². The SMILES string of the molecule is CCNC(=O)CS(=O)(=O)CCNCCCOCC. The van der Waals surface area contributed by atoms with Gasteiger partial charge in [0.05, 0.1) is 5.75 Å². The molecule has 0 saturated heterocycles. The minimum Gasteiger partial charge on any atom is -0.382 e. The molecule has 0 spiro atoms. The number of sulfone groups is 1. The summed E-state index contributed by atoms with van der Waals surface area (Å²) >= 11 is 0. The van der Waals surface area contributed by atoms with Crippen LogP contribution < -0.4 is 10.6 Å². The first-order valence-corrected chi connectivity index (χ1v) is 8.09. The molecule has 6 nitrogen and oxygen atoms in total. The van der Waals surface area contributed by atoms with E-state index < -0.39 is 21.5 Å². The van der Waals surface area contributed by atoms with Crippen molar-refractivity contribution in [1.82, 2.24) is 10.6 Å². The van der Waals surface area contributed by atoms with Crippen LogP contribution in [0.5, 0.6) is 0 Å². The fourth-order valence-corrected chi connectivity index (χ4v) is 2.42. The summed E-state index contributed by atoms with van der Waals surface area (Å²) in [5, 5.41) is 5.49. The van der Waals surface area contributed by atoms with Crippen molar-refractivity contribution in [3.05, 3.63) is 0 Å². The molecule has 0 aliphatic heterocycles. The number of hydrogen-bond acceptors (Lipinski definition) is 5. The van der Waals surface area contributed by atoms with Crippen LogP contribution in [0, 0.1) is 0 Å². The van der Waals surface area contributed by atoms with E-state index in [0.717, 1.165) is 13.0 Å². The Morgan fingerprint density at radius 2 is 1.94 bits per heavy atom. The first-order valence-electron chi connectivity index (χ1n) is 6.27. The zero-order valence-corrected chi connectivity index (χ0v) is 12.0. The van der Waals surface area contributed by atoms with Gasteiger partial charge in [0, 0.05) is 26.3 Å². The summed E-state index contributed by atoms with van der Waals surface area (Å²) < 4.78 is 28.2. The van der Waals surface area contributed by atoms with Crippen LogP contribution in [0.4, 0.5) is 0 Å². The standard InChI is InChI=1S/C11H24N2O4S/c1-3-13-11(14)10-18(15,16)9-7-12-6-5-8-17-4-2/h12H,3-10H2,1-2H3,(H,13,14). The van der Waals surface area contributed by atoms with Gasteiger partial charge in [0.2, 0.25) is 5.91 Å². The Morgan fingerprint density at radius 3 is 2.56 bits per heavy atom. The Balaban J connectivity index is 3.62. The summed E-state index contributed by atoms with van der Waals surface area (Å²) in [7, 11) is -3.31. The number of ether oxygens (including phenoxy) is 1. The number of carbonyl (C=O) groups excluding carboxylic acids is 1. The molecule has 108 valence electrons. The lowest BCUT2D eigenvalue weighted by molar-refractivity contribution is -0.118. The van der Waals surface area contributed by atoms with Gasteiger partial charge in [0.25, 0.3) is 0 Å². The van der Waals surface area contributed by atoms with Gasteiger partial charge in [0.1, 0.15) is 5.75 Å². The molecule has 0 aliphatic carbocycles. The molecule has 7 heteroatoms. The van der Waals surface area contributed by atoms with E-state index >= 15 is 0 Å². The van der Waals surface area contributed by atoms with Crippen LogP contribution in [0.15, 0.2) is 0 Å². The number of hydrogen-bond donors (Lipinski definition) is 2. The molecule has 0 fully saturated rings. The zero-order valence-electron chi connectivity index (χ0n) is 11.2. The third kappa shape index (κ3) is 10.5. The summed E-state index contributed by atoms with van der Waals surface area (Å²) in [4.78, 5) is 11.1. The molecule has 0 bridgehead atoms. The second-order valence-corrected chi connectivity index (χ2v) is 6.03. The van der Waals surface area contributed by atoms with Crippen LogP contribution >= 0.6 is 0 Å². The van der Waals surface area contributed by atoms with Crippen molar-refractivity contribution in [2.75, 3.05) is 44.4 Å². The Labute approximate surface area is 109 Å². The molecule has 0 heterocycles. The van der Waals surface area contributed by atoms with Gasteiger partial charge in [-0.15, -0.1) is 0 Å². The van der Waals surface area contributed by atoms with Crippen LogP contribution in [-0.4, -0.2) is 58.7 Å². The monoisotopic (exact) mass is 280 g/mol. The zero-order chi connectivity index (χ0) is 13.9. The molecule has 0 atom stereocenters. The summed E-state index contributed by atoms with van der Waals surface area (Å²) in [6, 6.07) is 0. The van der Waals surface area contributed by atoms with Crippen LogP contribution in [0.2, 0.25) is 0 Å². The largest absolute Gasteiger partial charge is 0.382 e. The minimum absolute atomic E-state index is 0.0151.